The number of benzene rings is 1. The molecule has 0 unspecified atom stereocenters. The average molecular weight is 751 g/mol. The third kappa shape index (κ3) is 13.8. The summed E-state index contributed by atoms with van der Waals surface area (Å²) in [5, 5.41) is 55.3. The molecule has 11 heteroatoms. The van der Waals surface area contributed by atoms with Gasteiger partial charge in [-0.1, -0.05) is 38.8 Å². The maximum Gasteiger partial charge on any atom is 0.226 e. The van der Waals surface area contributed by atoms with E-state index in [1.54, 1.807) is 0 Å². The third-order valence-electron chi connectivity index (χ3n) is 7.77. The third-order valence-corrected chi connectivity index (χ3v) is 7.77. The molecule has 1 aromatic rings. The molecule has 0 bridgehead atoms. The number of hydrogen-bond donors (Lipinski definition) is 6. The molecule has 1 aromatic carbocycles. The van der Waals surface area contributed by atoms with Crippen molar-refractivity contribution in [3.8, 4) is 5.75 Å². The van der Waals surface area contributed by atoms with Gasteiger partial charge in [-0.15, -0.1) is 13.1 Å². The summed E-state index contributed by atoms with van der Waals surface area (Å²) in [5.74, 6) is 2.07. The van der Waals surface area contributed by atoms with Crippen molar-refractivity contribution < 1.29 is 56.1 Å². The molecule has 2 fully saturated rings. The molecule has 0 spiro atoms. The van der Waals surface area contributed by atoms with E-state index in [0.29, 0.717) is 38.6 Å². The summed E-state index contributed by atoms with van der Waals surface area (Å²) in [4.78, 5) is 14.7. The van der Waals surface area contributed by atoms with Gasteiger partial charge in [0.2, 0.25) is 5.91 Å². The Morgan fingerprint density at radius 2 is 1.59 bits per heavy atom. The first-order chi connectivity index (χ1) is 19.4. The molecule has 2 heterocycles. The van der Waals surface area contributed by atoms with E-state index >= 15 is 0 Å². The zero-order valence-corrected chi connectivity index (χ0v) is 27.7. The topological polar surface area (TPSA) is 157 Å². The molecule has 10 nitrogen and oxygen atoms in total. The van der Waals surface area contributed by atoms with Crippen LogP contribution in [-0.4, -0.2) is 113 Å². The largest absolute Gasteiger partial charge is 0.662 e. The number of aliphatic hydroxyl groups is 5. The first-order valence-electron chi connectivity index (χ1n) is 15.0. The zero-order chi connectivity index (χ0) is 29.3. The van der Waals surface area contributed by atoms with E-state index in [0.717, 1.165) is 49.6 Å². The van der Waals surface area contributed by atoms with Crippen LogP contribution in [0.25, 0.3) is 5.32 Å². The fraction of sp³-hybridized carbons (Fsp3) is 0.767. The van der Waals surface area contributed by atoms with Gasteiger partial charge in [0.25, 0.3) is 0 Å². The maximum atomic E-state index is 12.8. The van der Waals surface area contributed by atoms with Crippen LogP contribution in [0.2, 0.25) is 0 Å². The minimum Gasteiger partial charge on any atom is -0.662 e. The summed E-state index contributed by atoms with van der Waals surface area (Å²) in [6.07, 6.45) is 0.732. The van der Waals surface area contributed by atoms with Crippen LogP contribution in [-0.2, 0) is 32.3 Å². The molecule has 2 aliphatic rings. The van der Waals surface area contributed by atoms with Crippen molar-refractivity contribution in [1.82, 2.24) is 10.2 Å². The average Bonchev–Trinajstić information content (AvgIpc) is 3.00. The van der Waals surface area contributed by atoms with E-state index in [1.165, 1.54) is 19.3 Å². The second kappa shape index (κ2) is 21.6. The molecular formula is C30H52N3O7W-. The Labute approximate surface area is 260 Å². The first-order valence-corrected chi connectivity index (χ1v) is 15.0. The minimum atomic E-state index is -1.62. The predicted molar refractivity (Wildman–Crippen MR) is 155 cm³/mol. The number of likely N-dealkylation sites (tertiary alicyclic amines) is 1. The molecule has 1 amide bonds. The van der Waals surface area contributed by atoms with Gasteiger partial charge in [-0.2, -0.15) is 0 Å². The number of aliphatic hydroxyl groups excluding tert-OH is 5. The molecule has 2 saturated heterocycles. The molecule has 0 aromatic heterocycles. The van der Waals surface area contributed by atoms with Crippen molar-refractivity contribution in [2.45, 2.75) is 83.2 Å². The van der Waals surface area contributed by atoms with E-state index in [2.05, 4.69) is 10.6 Å². The van der Waals surface area contributed by atoms with Gasteiger partial charge in [-0.3, -0.25) is 4.79 Å². The SMILES string of the molecule is CC.O=C(Cc1ccc(OCCCC2CC[N-]CC2)cc1)N1CCC(CNC[C@H](O)[C@@H](O)[C@H](O)[C@H](O)CO)CC1.[W]. The Morgan fingerprint density at radius 3 is 2.20 bits per heavy atom. The van der Waals surface area contributed by atoms with Gasteiger partial charge in [-0.25, -0.2) is 0 Å². The zero-order valence-electron chi connectivity index (χ0n) is 24.7. The molecule has 0 saturated carbocycles. The number of nitrogens with one attached hydrogen (secondary N) is 1. The normalized spacial score (nSPS) is 19.2. The summed E-state index contributed by atoms with van der Waals surface area (Å²) in [6, 6.07) is 7.80. The molecule has 3 rings (SSSR count). The van der Waals surface area contributed by atoms with Gasteiger partial charge in [-0.05, 0) is 61.8 Å². The number of piperidine rings is 2. The van der Waals surface area contributed by atoms with Crippen molar-refractivity contribution in [3.05, 3.63) is 35.1 Å². The second-order valence-electron chi connectivity index (χ2n) is 10.7. The minimum absolute atomic E-state index is 0. The Morgan fingerprint density at radius 1 is 0.976 bits per heavy atom. The van der Waals surface area contributed by atoms with Gasteiger partial charge < -0.3 is 45.8 Å². The van der Waals surface area contributed by atoms with Gasteiger partial charge in [0.05, 0.1) is 25.7 Å². The molecule has 2 aliphatic heterocycles. The number of rotatable bonds is 15. The number of carbonyl (C=O) groups excluding carboxylic acids is 1. The van der Waals surface area contributed by atoms with Crippen molar-refractivity contribution in [1.29, 1.82) is 0 Å². The van der Waals surface area contributed by atoms with E-state index in [4.69, 9.17) is 9.84 Å². The Kier molecular flexibility index (Phi) is 19.9. The molecule has 0 radical (unpaired) electrons. The summed E-state index contributed by atoms with van der Waals surface area (Å²) >= 11 is 0. The quantitative estimate of drug-likeness (QED) is 0.147. The summed E-state index contributed by atoms with van der Waals surface area (Å²) in [5.41, 5.74) is 0.971. The van der Waals surface area contributed by atoms with Crippen LogP contribution in [0.5, 0.6) is 5.75 Å². The smallest absolute Gasteiger partial charge is 0.226 e. The van der Waals surface area contributed by atoms with Crippen molar-refractivity contribution in [3.63, 3.8) is 0 Å². The van der Waals surface area contributed by atoms with Crippen LogP contribution in [0.4, 0.5) is 0 Å². The Hall–Kier alpha value is -1.10. The second-order valence-corrected chi connectivity index (χ2v) is 10.7. The maximum absolute atomic E-state index is 12.8. The van der Waals surface area contributed by atoms with Crippen LogP contribution in [0.1, 0.15) is 57.9 Å². The van der Waals surface area contributed by atoms with Crippen LogP contribution < -0.4 is 10.1 Å². The van der Waals surface area contributed by atoms with E-state index < -0.39 is 31.0 Å². The van der Waals surface area contributed by atoms with Gasteiger partial charge in [0.15, 0.2) is 0 Å². The molecule has 6 N–H and O–H groups in total. The summed E-state index contributed by atoms with van der Waals surface area (Å²) in [6.45, 7) is 8.03. The van der Waals surface area contributed by atoms with Crippen LogP contribution in [0.3, 0.4) is 0 Å². The number of hydrogen-bond acceptors (Lipinski definition) is 8. The molecule has 41 heavy (non-hydrogen) atoms. The summed E-state index contributed by atoms with van der Waals surface area (Å²) < 4.78 is 5.88. The number of carbonyl (C=O) groups is 1. The fourth-order valence-electron chi connectivity index (χ4n) is 5.15. The first kappa shape index (κ1) is 37.9. The number of amides is 1. The van der Waals surface area contributed by atoms with Gasteiger partial charge >= 0.3 is 0 Å². The van der Waals surface area contributed by atoms with Crippen molar-refractivity contribution >= 4 is 5.91 Å². The van der Waals surface area contributed by atoms with Gasteiger partial charge in [0, 0.05) is 40.7 Å². The van der Waals surface area contributed by atoms with E-state index in [9.17, 15) is 25.2 Å². The molecular weight excluding hydrogens is 698 g/mol. The van der Waals surface area contributed by atoms with Crippen molar-refractivity contribution in [2.75, 3.05) is 52.5 Å². The van der Waals surface area contributed by atoms with Crippen LogP contribution in [0.15, 0.2) is 24.3 Å². The fourth-order valence-corrected chi connectivity index (χ4v) is 5.15. The molecule has 4 atom stereocenters. The Balaban J connectivity index is 0.00000274. The van der Waals surface area contributed by atoms with Crippen molar-refractivity contribution in [2.24, 2.45) is 11.8 Å². The van der Waals surface area contributed by atoms with Crippen LogP contribution in [0, 0.1) is 11.8 Å². The van der Waals surface area contributed by atoms with E-state index in [1.807, 2.05) is 43.0 Å². The number of nitrogens with zero attached hydrogens (tertiary/aromatic N) is 2. The van der Waals surface area contributed by atoms with E-state index in [-0.39, 0.29) is 33.5 Å². The van der Waals surface area contributed by atoms with Crippen LogP contribution >= 0.6 is 0 Å². The Bertz CT molecular complexity index is 806. The predicted octanol–water partition coefficient (Wildman–Crippen LogP) is 1.46. The molecule has 236 valence electrons. The summed E-state index contributed by atoms with van der Waals surface area (Å²) in [7, 11) is 0. The monoisotopic (exact) mass is 750 g/mol. The standard InChI is InChI=1S/C28H46N3O7.C2H6.W/c32-19-25(34)28(37)27(36)24(33)18-30-17-22-9-13-31(14-10-22)26(35)16-21-3-5-23(6-4-21)38-15-1-2-20-7-11-29-12-8-20;1-2;/h3-6,20,22,24-25,27-28,30,32-34,36-37H,1-2,7-19H2;1-2H3;/q-1;;/t24-,25+,27+,28+;;/m0../s1. The number of ether oxygens (including phenoxy) is 1. The van der Waals surface area contributed by atoms with Gasteiger partial charge in [0.1, 0.15) is 24.1 Å². The molecule has 0 aliphatic carbocycles.